The molecule has 3 aromatic rings. The van der Waals surface area contributed by atoms with Crippen molar-refractivity contribution in [3.63, 3.8) is 0 Å². The van der Waals surface area contributed by atoms with Crippen LogP contribution in [-0.2, 0) is 33.0 Å². The Morgan fingerprint density at radius 1 is 1.19 bits per heavy atom. The van der Waals surface area contributed by atoms with Gasteiger partial charge in [0.05, 0.1) is 25.0 Å². The summed E-state index contributed by atoms with van der Waals surface area (Å²) in [6.07, 6.45) is 4.93. The normalized spacial score (nSPS) is 13.0. The maximum absolute atomic E-state index is 13.3. The van der Waals surface area contributed by atoms with E-state index in [-0.39, 0.29) is 5.91 Å². The van der Waals surface area contributed by atoms with Crippen LogP contribution in [0.1, 0.15) is 45.1 Å². The van der Waals surface area contributed by atoms with E-state index in [1.54, 1.807) is 6.26 Å². The summed E-state index contributed by atoms with van der Waals surface area (Å²) in [4.78, 5) is 15.1. The minimum absolute atomic E-state index is 0.0110. The topological polar surface area (TPSA) is 51.3 Å². The Bertz CT molecular complexity index is 925. The van der Waals surface area contributed by atoms with Crippen molar-refractivity contribution in [2.24, 2.45) is 7.05 Å². The number of benzene rings is 1. The van der Waals surface area contributed by atoms with Gasteiger partial charge in [-0.1, -0.05) is 18.2 Å². The highest BCUT2D eigenvalue weighted by molar-refractivity contribution is 5.95. The molecule has 134 valence electrons. The molecule has 0 atom stereocenters. The number of carbonyl (C=O) groups is 1. The molecule has 0 radical (unpaired) electrons. The van der Waals surface area contributed by atoms with Gasteiger partial charge < -0.3 is 9.32 Å². The summed E-state index contributed by atoms with van der Waals surface area (Å²) < 4.78 is 7.47. The van der Waals surface area contributed by atoms with Gasteiger partial charge in [-0.2, -0.15) is 5.10 Å². The third-order valence-electron chi connectivity index (χ3n) is 5.13. The van der Waals surface area contributed by atoms with Gasteiger partial charge in [-0.05, 0) is 55.5 Å². The summed E-state index contributed by atoms with van der Waals surface area (Å²) in [6.45, 7) is 2.90. The Morgan fingerprint density at radius 2 is 2.04 bits per heavy atom. The predicted molar refractivity (Wildman–Crippen MR) is 98.7 cm³/mol. The standard InChI is InChI=1S/C21H23N3O2/c1-15-7-3-4-9-17(15)21(25)24(13-16-8-6-12-26-16)14-19-18-10-5-11-20(18)23(2)22-19/h3-4,6-9,12H,5,10-11,13-14H2,1-2H3. The van der Waals surface area contributed by atoms with E-state index < -0.39 is 0 Å². The minimum atomic E-state index is 0.0110. The lowest BCUT2D eigenvalue weighted by atomic mass is 10.1. The first-order chi connectivity index (χ1) is 12.6. The quantitative estimate of drug-likeness (QED) is 0.706. The molecule has 1 aliphatic rings. The van der Waals surface area contributed by atoms with Gasteiger partial charge in [-0.25, -0.2) is 0 Å². The van der Waals surface area contributed by atoms with E-state index in [4.69, 9.17) is 9.52 Å². The molecule has 0 fully saturated rings. The monoisotopic (exact) mass is 349 g/mol. The van der Waals surface area contributed by atoms with Crippen LogP contribution >= 0.6 is 0 Å². The molecule has 5 heteroatoms. The number of nitrogens with zero attached hydrogens (tertiary/aromatic N) is 3. The Morgan fingerprint density at radius 3 is 2.81 bits per heavy atom. The first-order valence-corrected chi connectivity index (χ1v) is 9.04. The van der Waals surface area contributed by atoms with E-state index >= 15 is 0 Å². The zero-order valence-electron chi connectivity index (χ0n) is 15.2. The number of hydrogen-bond acceptors (Lipinski definition) is 3. The molecule has 0 aliphatic heterocycles. The fraction of sp³-hybridized carbons (Fsp3) is 0.333. The number of furan rings is 1. The van der Waals surface area contributed by atoms with Crippen molar-refractivity contribution in [2.75, 3.05) is 0 Å². The van der Waals surface area contributed by atoms with Crippen LogP contribution in [0.25, 0.3) is 0 Å². The average molecular weight is 349 g/mol. The lowest BCUT2D eigenvalue weighted by molar-refractivity contribution is 0.0714. The van der Waals surface area contributed by atoms with E-state index in [0.717, 1.165) is 41.8 Å². The summed E-state index contributed by atoms with van der Waals surface area (Å²) in [5, 5.41) is 4.69. The molecule has 0 saturated heterocycles. The molecule has 0 N–H and O–H groups in total. The first kappa shape index (κ1) is 16.6. The summed E-state index contributed by atoms with van der Waals surface area (Å²) >= 11 is 0. The van der Waals surface area contributed by atoms with Crippen LogP contribution in [0, 0.1) is 6.92 Å². The molecule has 0 saturated carbocycles. The number of rotatable bonds is 5. The maximum Gasteiger partial charge on any atom is 0.254 e. The molecule has 1 aromatic carbocycles. The second-order valence-electron chi connectivity index (χ2n) is 6.90. The number of hydrogen-bond donors (Lipinski definition) is 0. The van der Waals surface area contributed by atoms with Crippen LogP contribution in [0.15, 0.2) is 47.1 Å². The number of amides is 1. The Balaban J connectivity index is 1.66. The third-order valence-corrected chi connectivity index (χ3v) is 5.13. The molecule has 5 nitrogen and oxygen atoms in total. The highest BCUT2D eigenvalue weighted by Crippen LogP contribution is 2.26. The Hall–Kier alpha value is -2.82. The molecule has 2 aromatic heterocycles. The molecule has 1 aliphatic carbocycles. The Kier molecular flexibility index (Phi) is 4.37. The predicted octanol–water partition coefficient (Wildman–Crippen LogP) is 3.65. The summed E-state index contributed by atoms with van der Waals surface area (Å²) in [5.74, 6) is 0.788. The highest BCUT2D eigenvalue weighted by atomic mass is 16.3. The van der Waals surface area contributed by atoms with Crippen LogP contribution in [0.5, 0.6) is 0 Å². The van der Waals surface area contributed by atoms with E-state index in [0.29, 0.717) is 13.1 Å². The fourth-order valence-corrected chi connectivity index (χ4v) is 3.78. The van der Waals surface area contributed by atoms with Gasteiger partial charge in [0.1, 0.15) is 5.76 Å². The zero-order valence-corrected chi connectivity index (χ0v) is 15.2. The molecule has 26 heavy (non-hydrogen) atoms. The Labute approximate surface area is 153 Å². The number of aromatic nitrogens is 2. The SMILES string of the molecule is Cc1ccccc1C(=O)N(Cc1ccco1)Cc1nn(C)c2c1CCC2. The third kappa shape index (κ3) is 3.05. The number of fused-ring (bicyclic) bond motifs is 1. The molecule has 2 heterocycles. The summed E-state index contributed by atoms with van der Waals surface area (Å²) in [5.41, 5.74) is 5.34. The van der Waals surface area contributed by atoms with E-state index in [2.05, 4.69) is 0 Å². The second kappa shape index (κ2) is 6.83. The zero-order chi connectivity index (χ0) is 18.1. The molecular formula is C21H23N3O2. The molecule has 0 bridgehead atoms. The van der Waals surface area contributed by atoms with Gasteiger partial charge in [-0.3, -0.25) is 9.48 Å². The first-order valence-electron chi connectivity index (χ1n) is 9.04. The van der Waals surface area contributed by atoms with Gasteiger partial charge >= 0.3 is 0 Å². The van der Waals surface area contributed by atoms with Crippen LogP contribution in [0.4, 0.5) is 0 Å². The van der Waals surface area contributed by atoms with Gasteiger partial charge in [0, 0.05) is 18.3 Å². The van der Waals surface area contributed by atoms with Crippen molar-refractivity contribution in [1.29, 1.82) is 0 Å². The molecular weight excluding hydrogens is 326 g/mol. The fourth-order valence-electron chi connectivity index (χ4n) is 3.78. The van der Waals surface area contributed by atoms with Gasteiger partial charge in [0.2, 0.25) is 0 Å². The molecule has 4 rings (SSSR count). The minimum Gasteiger partial charge on any atom is -0.467 e. The highest BCUT2D eigenvalue weighted by Gasteiger charge is 2.25. The maximum atomic E-state index is 13.3. The second-order valence-corrected chi connectivity index (χ2v) is 6.90. The van der Waals surface area contributed by atoms with E-state index in [9.17, 15) is 4.79 Å². The van der Waals surface area contributed by atoms with Crippen LogP contribution in [0.2, 0.25) is 0 Å². The molecule has 0 spiro atoms. The number of aryl methyl sites for hydroxylation is 2. The molecule has 1 amide bonds. The van der Waals surface area contributed by atoms with Crippen molar-refractivity contribution in [3.8, 4) is 0 Å². The lowest BCUT2D eigenvalue weighted by Gasteiger charge is -2.22. The van der Waals surface area contributed by atoms with Crippen molar-refractivity contribution < 1.29 is 9.21 Å². The van der Waals surface area contributed by atoms with Crippen LogP contribution in [0.3, 0.4) is 0 Å². The van der Waals surface area contributed by atoms with Gasteiger partial charge in [0.25, 0.3) is 5.91 Å². The average Bonchev–Trinajstić information content (AvgIpc) is 3.35. The van der Waals surface area contributed by atoms with Gasteiger partial charge in [-0.15, -0.1) is 0 Å². The van der Waals surface area contributed by atoms with E-state index in [1.807, 2.05) is 60.0 Å². The smallest absolute Gasteiger partial charge is 0.254 e. The largest absolute Gasteiger partial charge is 0.467 e. The summed E-state index contributed by atoms with van der Waals surface area (Å²) in [6, 6.07) is 11.5. The number of carbonyl (C=O) groups excluding carboxylic acids is 1. The summed E-state index contributed by atoms with van der Waals surface area (Å²) in [7, 11) is 1.99. The van der Waals surface area contributed by atoms with Crippen molar-refractivity contribution in [1.82, 2.24) is 14.7 Å². The van der Waals surface area contributed by atoms with E-state index in [1.165, 1.54) is 11.3 Å². The van der Waals surface area contributed by atoms with Crippen LogP contribution < -0.4 is 0 Å². The van der Waals surface area contributed by atoms with Gasteiger partial charge in [0.15, 0.2) is 0 Å². The lowest BCUT2D eigenvalue weighted by Crippen LogP contribution is -2.31. The van der Waals surface area contributed by atoms with Crippen molar-refractivity contribution in [2.45, 2.75) is 39.3 Å². The van der Waals surface area contributed by atoms with Crippen LogP contribution in [-0.4, -0.2) is 20.6 Å². The van der Waals surface area contributed by atoms with Crippen molar-refractivity contribution >= 4 is 5.91 Å². The molecule has 0 unspecified atom stereocenters. The van der Waals surface area contributed by atoms with Crippen molar-refractivity contribution in [3.05, 3.63) is 76.5 Å².